The van der Waals surface area contributed by atoms with Crippen molar-refractivity contribution in [2.24, 2.45) is 4.99 Å². The summed E-state index contributed by atoms with van der Waals surface area (Å²) < 4.78 is 11.4. The number of carbonyl (C=O) groups excluding carboxylic acids is 1. The molecule has 178 valence electrons. The van der Waals surface area contributed by atoms with E-state index in [-0.39, 0.29) is 12.2 Å². The number of fused-ring (bicyclic) bond motifs is 1. The summed E-state index contributed by atoms with van der Waals surface area (Å²) in [7, 11) is 0. The molecule has 1 aromatic rings. The summed E-state index contributed by atoms with van der Waals surface area (Å²) >= 11 is 0. The molecule has 32 heavy (non-hydrogen) atoms. The van der Waals surface area contributed by atoms with E-state index in [9.17, 15) is 4.79 Å². The second-order valence-corrected chi connectivity index (χ2v) is 9.36. The van der Waals surface area contributed by atoms with E-state index in [0.29, 0.717) is 19.1 Å². The van der Waals surface area contributed by atoms with Crippen LogP contribution in [0.4, 0.5) is 4.79 Å². The Balaban J connectivity index is 1.51. The van der Waals surface area contributed by atoms with Crippen LogP contribution in [-0.4, -0.2) is 85.5 Å². The summed E-state index contributed by atoms with van der Waals surface area (Å²) in [6, 6.07) is 11.0. The first kappa shape index (κ1) is 24.3. The smallest absolute Gasteiger partial charge is 0.407 e. The van der Waals surface area contributed by atoms with E-state index in [1.54, 1.807) is 0 Å². The third kappa shape index (κ3) is 7.38. The van der Waals surface area contributed by atoms with E-state index in [2.05, 4.69) is 57.7 Å². The molecular formula is C24H39N5O3. The molecule has 2 aliphatic heterocycles. The minimum absolute atomic E-state index is 0.199. The van der Waals surface area contributed by atoms with Gasteiger partial charge >= 0.3 is 6.09 Å². The molecule has 0 radical (unpaired) electrons. The maximum Gasteiger partial charge on any atom is 0.407 e. The van der Waals surface area contributed by atoms with Crippen LogP contribution in [0.25, 0.3) is 0 Å². The van der Waals surface area contributed by atoms with Crippen LogP contribution < -0.4 is 10.6 Å². The number of nitrogens with zero attached hydrogens (tertiary/aromatic N) is 3. The van der Waals surface area contributed by atoms with Crippen LogP contribution in [-0.2, 0) is 16.0 Å². The number of amides is 1. The van der Waals surface area contributed by atoms with Gasteiger partial charge in [0.15, 0.2) is 5.96 Å². The van der Waals surface area contributed by atoms with Crippen molar-refractivity contribution >= 4 is 12.1 Å². The Kier molecular flexibility index (Phi) is 8.75. The van der Waals surface area contributed by atoms with Crippen molar-refractivity contribution in [2.75, 3.05) is 45.9 Å². The molecule has 1 aromatic carbocycles. The van der Waals surface area contributed by atoms with E-state index in [0.717, 1.165) is 51.7 Å². The molecule has 2 fully saturated rings. The maximum absolute atomic E-state index is 11.8. The Morgan fingerprint density at radius 3 is 2.72 bits per heavy atom. The lowest BCUT2D eigenvalue weighted by molar-refractivity contribution is -0.0502. The molecule has 0 bridgehead atoms. The number of nitrogens with one attached hydrogen (secondary N) is 2. The number of hydrogen-bond donors (Lipinski definition) is 2. The summed E-state index contributed by atoms with van der Waals surface area (Å²) in [5, 5.41) is 6.21. The van der Waals surface area contributed by atoms with Crippen LogP contribution in [0.2, 0.25) is 0 Å². The first-order valence-electron chi connectivity index (χ1n) is 11.8. The van der Waals surface area contributed by atoms with Gasteiger partial charge < -0.3 is 25.0 Å². The second kappa shape index (κ2) is 11.5. The third-order valence-electron chi connectivity index (χ3n) is 5.54. The average molecular weight is 446 g/mol. The molecular weight excluding hydrogens is 406 g/mol. The Morgan fingerprint density at radius 2 is 2.00 bits per heavy atom. The van der Waals surface area contributed by atoms with Crippen LogP contribution in [0.5, 0.6) is 0 Å². The minimum atomic E-state index is -0.483. The first-order valence-corrected chi connectivity index (χ1v) is 11.8. The molecule has 0 aromatic heterocycles. The van der Waals surface area contributed by atoms with Gasteiger partial charge in [-0.2, -0.15) is 0 Å². The number of alkyl carbamates (subject to hydrolysis) is 1. The number of likely N-dealkylation sites (tertiary alicyclic amines) is 1. The van der Waals surface area contributed by atoms with E-state index < -0.39 is 5.60 Å². The van der Waals surface area contributed by atoms with Crippen LogP contribution in [0.15, 0.2) is 35.3 Å². The number of guanidine groups is 1. The number of carbonyl (C=O) groups is 1. The zero-order valence-corrected chi connectivity index (χ0v) is 20.0. The number of benzene rings is 1. The monoisotopic (exact) mass is 445 g/mol. The summed E-state index contributed by atoms with van der Waals surface area (Å²) in [6.45, 7) is 14.1. The molecule has 8 nitrogen and oxygen atoms in total. The lowest BCUT2D eigenvalue weighted by atomic mass is 10.1. The van der Waals surface area contributed by atoms with Crippen molar-refractivity contribution in [3.05, 3.63) is 35.9 Å². The number of aliphatic imine (C=N–C) groups is 1. The minimum Gasteiger partial charge on any atom is -0.444 e. The fourth-order valence-electron chi connectivity index (χ4n) is 4.14. The molecule has 2 heterocycles. The van der Waals surface area contributed by atoms with Gasteiger partial charge in [0.2, 0.25) is 0 Å². The molecule has 0 saturated carbocycles. The topological polar surface area (TPSA) is 78.4 Å². The van der Waals surface area contributed by atoms with Crippen LogP contribution in [0, 0.1) is 0 Å². The van der Waals surface area contributed by atoms with Crippen molar-refractivity contribution < 1.29 is 14.3 Å². The van der Waals surface area contributed by atoms with Gasteiger partial charge in [0, 0.05) is 45.8 Å². The summed E-state index contributed by atoms with van der Waals surface area (Å²) in [4.78, 5) is 21.4. The highest BCUT2D eigenvalue weighted by atomic mass is 16.6. The first-order chi connectivity index (χ1) is 15.4. The molecule has 2 unspecified atom stereocenters. The van der Waals surface area contributed by atoms with E-state index in [1.165, 1.54) is 5.56 Å². The average Bonchev–Trinajstić information content (AvgIpc) is 3.17. The fraction of sp³-hybridized carbons (Fsp3) is 0.667. The van der Waals surface area contributed by atoms with Crippen LogP contribution in [0.3, 0.4) is 0 Å². The third-order valence-corrected chi connectivity index (χ3v) is 5.54. The van der Waals surface area contributed by atoms with Gasteiger partial charge in [-0.1, -0.05) is 30.3 Å². The zero-order valence-electron chi connectivity index (χ0n) is 20.0. The van der Waals surface area contributed by atoms with Gasteiger partial charge in [-0.05, 0) is 39.7 Å². The van der Waals surface area contributed by atoms with Gasteiger partial charge in [-0.15, -0.1) is 0 Å². The Morgan fingerprint density at radius 1 is 1.22 bits per heavy atom. The van der Waals surface area contributed by atoms with Gasteiger partial charge in [0.1, 0.15) is 5.60 Å². The second-order valence-electron chi connectivity index (χ2n) is 9.36. The molecule has 0 spiro atoms. The molecule has 2 N–H and O–H groups in total. The van der Waals surface area contributed by atoms with Gasteiger partial charge in [0.05, 0.1) is 18.8 Å². The van der Waals surface area contributed by atoms with E-state index >= 15 is 0 Å². The highest BCUT2D eigenvalue weighted by Gasteiger charge is 2.41. The Hall–Kier alpha value is -2.32. The SMILES string of the molecule is CCNC(=NCCCNC(=O)OC(C)(C)C)N1CC2OCCN(Cc3ccccc3)C2C1. The normalized spacial score (nSPS) is 21.9. The number of rotatable bonds is 7. The summed E-state index contributed by atoms with van der Waals surface area (Å²) in [5.74, 6) is 0.919. The van der Waals surface area contributed by atoms with Crippen molar-refractivity contribution in [2.45, 2.75) is 58.4 Å². The molecule has 3 rings (SSSR count). The zero-order chi connectivity index (χ0) is 23.0. The predicted octanol–water partition coefficient (Wildman–Crippen LogP) is 2.45. The lowest BCUT2D eigenvalue weighted by Gasteiger charge is -2.36. The van der Waals surface area contributed by atoms with Gasteiger partial charge in [-0.3, -0.25) is 9.89 Å². The number of ether oxygens (including phenoxy) is 2. The molecule has 2 aliphatic rings. The summed E-state index contributed by atoms with van der Waals surface area (Å²) in [5.41, 5.74) is 0.855. The van der Waals surface area contributed by atoms with Crippen LogP contribution in [0.1, 0.15) is 39.7 Å². The number of hydrogen-bond acceptors (Lipinski definition) is 5. The Bertz CT molecular complexity index is 750. The molecule has 2 saturated heterocycles. The predicted molar refractivity (Wildman–Crippen MR) is 127 cm³/mol. The van der Waals surface area contributed by atoms with Crippen LogP contribution >= 0.6 is 0 Å². The molecule has 0 aliphatic carbocycles. The maximum atomic E-state index is 11.8. The summed E-state index contributed by atoms with van der Waals surface area (Å²) in [6.07, 6.45) is 0.573. The van der Waals surface area contributed by atoms with Gasteiger partial charge in [-0.25, -0.2) is 4.79 Å². The van der Waals surface area contributed by atoms with Gasteiger partial charge in [0.25, 0.3) is 0 Å². The molecule has 8 heteroatoms. The van der Waals surface area contributed by atoms with Crippen molar-refractivity contribution in [1.82, 2.24) is 20.4 Å². The fourth-order valence-corrected chi connectivity index (χ4v) is 4.14. The van der Waals surface area contributed by atoms with Crippen molar-refractivity contribution in [3.8, 4) is 0 Å². The molecule has 1 amide bonds. The van der Waals surface area contributed by atoms with Crippen molar-refractivity contribution in [1.29, 1.82) is 0 Å². The van der Waals surface area contributed by atoms with E-state index in [4.69, 9.17) is 14.5 Å². The highest BCUT2D eigenvalue weighted by Crippen LogP contribution is 2.24. The number of morpholine rings is 1. The largest absolute Gasteiger partial charge is 0.444 e. The van der Waals surface area contributed by atoms with Crippen molar-refractivity contribution in [3.63, 3.8) is 0 Å². The Labute approximate surface area is 192 Å². The quantitative estimate of drug-likeness (QED) is 0.381. The lowest BCUT2D eigenvalue weighted by Crippen LogP contribution is -2.50. The molecule has 2 atom stereocenters. The highest BCUT2D eigenvalue weighted by molar-refractivity contribution is 5.80. The van der Waals surface area contributed by atoms with E-state index in [1.807, 2.05) is 20.8 Å². The standard InChI is InChI=1S/C24H39N5O3/c1-5-25-22(26-12-9-13-27-23(30)32-24(2,3)4)29-17-20-21(18-29)31-15-14-28(20)16-19-10-7-6-8-11-19/h6-8,10-11,20-21H,5,9,12-18H2,1-4H3,(H,25,26)(H,27,30).